The fourth-order valence-electron chi connectivity index (χ4n) is 4.25. The van der Waals surface area contributed by atoms with Crippen molar-refractivity contribution >= 4 is 35.8 Å². The number of carbonyl (C=O) groups is 1. The van der Waals surface area contributed by atoms with E-state index in [1.54, 1.807) is 0 Å². The van der Waals surface area contributed by atoms with Gasteiger partial charge in [-0.25, -0.2) is 0 Å². The highest BCUT2D eigenvalue weighted by atomic mass is 127. The molecule has 0 bridgehead atoms. The van der Waals surface area contributed by atoms with Crippen LogP contribution in [0.3, 0.4) is 0 Å². The molecule has 29 heavy (non-hydrogen) atoms. The molecule has 0 radical (unpaired) electrons. The molecule has 1 aliphatic carbocycles. The van der Waals surface area contributed by atoms with E-state index in [1.165, 1.54) is 12.0 Å². The molecule has 162 valence electrons. The Bertz CT molecular complexity index is 648. The molecule has 1 amide bonds. The molecule has 0 spiro atoms. The van der Waals surface area contributed by atoms with E-state index >= 15 is 0 Å². The highest BCUT2D eigenvalue weighted by Crippen LogP contribution is 2.32. The molecule has 2 atom stereocenters. The number of nitrogens with one attached hydrogen (secondary N) is 2. The maximum absolute atomic E-state index is 11.9. The van der Waals surface area contributed by atoms with Gasteiger partial charge in [0, 0.05) is 38.6 Å². The summed E-state index contributed by atoms with van der Waals surface area (Å²) < 4.78 is 0. The summed E-state index contributed by atoms with van der Waals surface area (Å²) in [7, 11) is 0. The van der Waals surface area contributed by atoms with Crippen molar-refractivity contribution in [2.75, 3.05) is 32.7 Å². The number of guanidine groups is 1. The van der Waals surface area contributed by atoms with Crippen LogP contribution in [0.5, 0.6) is 0 Å². The van der Waals surface area contributed by atoms with Crippen molar-refractivity contribution in [2.24, 2.45) is 16.8 Å². The van der Waals surface area contributed by atoms with Gasteiger partial charge in [-0.3, -0.25) is 9.79 Å². The largest absolute Gasteiger partial charge is 0.357 e. The Morgan fingerprint density at radius 2 is 1.93 bits per heavy atom. The van der Waals surface area contributed by atoms with Crippen LogP contribution in [0.1, 0.15) is 57.4 Å². The lowest BCUT2D eigenvalue weighted by atomic mass is 9.82. The molecule has 0 aromatic heterocycles. The summed E-state index contributed by atoms with van der Waals surface area (Å²) in [6.45, 7) is 8.89. The molecule has 1 heterocycles. The molecule has 2 unspecified atom stereocenters. The van der Waals surface area contributed by atoms with E-state index in [4.69, 9.17) is 4.99 Å². The van der Waals surface area contributed by atoms with Gasteiger partial charge in [-0.1, -0.05) is 43.7 Å². The fourth-order valence-corrected chi connectivity index (χ4v) is 4.25. The predicted octanol–water partition coefficient (Wildman–Crippen LogP) is 4.00. The minimum absolute atomic E-state index is 0. The Morgan fingerprint density at radius 1 is 1.17 bits per heavy atom. The number of piperidine rings is 1. The van der Waals surface area contributed by atoms with E-state index < -0.39 is 0 Å². The number of rotatable bonds is 7. The monoisotopic (exact) mass is 512 g/mol. The second-order valence-electron chi connectivity index (χ2n) is 8.24. The van der Waals surface area contributed by atoms with Gasteiger partial charge in [-0.05, 0) is 50.0 Å². The van der Waals surface area contributed by atoms with Gasteiger partial charge in [0.05, 0.1) is 0 Å². The first-order valence-corrected chi connectivity index (χ1v) is 11.0. The number of hydrogen-bond donors (Lipinski definition) is 2. The topological polar surface area (TPSA) is 56.7 Å². The van der Waals surface area contributed by atoms with E-state index in [0.29, 0.717) is 11.8 Å². The molecule has 1 aromatic carbocycles. The Labute approximate surface area is 193 Å². The molecule has 1 aromatic rings. The maximum atomic E-state index is 11.9. The number of hydrogen-bond acceptors (Lipinski definition) is 2. The van der Waals surface area contributed by atoms with Crippen molar-refractivity contribution in [3.05, 3.63) is 35.9 Å². The molecule has 1 aliphatic heterocycles. The van der Waals surface area contributed by atoms with Crippen molar-refractivity contribution < 1.29 is 4.79 Å². The van der Waals surface area contributed by atoms with Gasteiger partial charge in [-0.15, -0.1) is 24.0 Å². The molecule has 3 rings (SSSR count). The number of carbonyl (C=O) groups excluding carboxylic acids is 1. The molecule has 2 N–H and O–H groups in total. The van der Waals surface area contributed by atoms with Gasteiger partial charge >= 0.3 is 0 Å². The zero-order valence-electron chi connectivity index (χ0n) is 17.9. The number of aliphatic imine (C=N–C) groups is 1. The number of nitrogens with zero attached hydrogens (tertiary/aromatic N) is 2. The average molecular weight is 512 g/mol. The molecule has 1 saturated carbocycles. The average Bonchev–Trinajstić information content (AvgIpc) is 2.66. The van der Waals surface area contributed by atoms with Crippen LogP contribution < -0.4 is 10.6 Å². The molecule has 2 fully saturated rings. The van der Waals surface area contributed by atoms with Crippen molar-refractivity contribution in [1.82, 2.24) is 15.5 Å². The fraction of sp³-hybridized carbons (Fsp3) is 0.652. The number of amides is 1. The highest BCUT2D eigenvalue weighted by Gasteiger charge is 2.28. The highest BCUT2D eigenvalue weighted by molar-refractivity contribution is 14.0. The van der Waals surface area contributed by atoms with Crippen LogP contribution in [0.25, 0.3) is 0 Å². The van der Waals surface area contributed by atoms with Crippen LogP contribution in [0.15, 0.2) is 35.3 Å². The van der Waals surface area contributed by atoms with Gasteiger partial charge in [0.1, 0.15) is 0 Å². The smallest absolute Gasteiger partial charge is 0.223 e. The maximum Gasteiger partial charge on any atom is 0.223 e. The predicted molar refractivity (Wildman–Crippen MR) is 131 cm³/mol. The lowest BCUT2D eigenvalue weighted by Crippen LogP contribution is -2.48. The molecule has 2 aliphatic rings. The van der Waals surface area contributed by atoms with E-state index in [-0.39, 0.29) is 35.8 Å². The summed E-state index contributed by atoms with van der Waals surface area (Å²) in [4.78, 5) is 19.1. The molecular weight excluding hydrogens is 475 g/mol. The van der Waals surface area contributed by atoms with Crippen LogP contribution in [-0.2, 0) is 4.79 Å². The lowest BCUT2D eigenvalue weighted by molar-refractivity contribution is -0.127. The Balaban J connectivity index is 0.00000300. The molecular formula is C23H37IN4O. The summed E-state index contributed by atoms with van der Waals surface area (Å²) in [5.41, 5.74) is 1.46. The molecule has 6 heteroatoms. The Kier molecular flexibility index (Phi) is 10.2. The first kappa shape index (κ1) is 24.0. The number of halogens is 1. The quantitative estimate of drug-likeness (QED) is 0.251. The van der Waals surface area contributed by atoms with Crippen molar-refractivity contribution in [3.63, 3.8) is 0 Å². The van der Waals surface area contributed by atoms with E-state index in [2.05, 4.69) is 59.7 Å². The minimum atomic E-state index is 0. The summed E-state index contributed by atoms with van der Waals surface area (Å²) in [6.07, 6.45) is 5.38. The lowest BCUT2D eigenvalue weighted by Gasteiger charge is -2.39. The third-order valence-electron chi connectivity index (χ3n) is 6.14. The molecule has 1 saturated heterocycles. The van der Waals surface area contributed by atoms with Gasteiger partial charge < -0.3 is 15.5 Å². The van der Waals surface area contributed by atoms with Gasteiger partial charge in [0.25, 0.3) is 0 Å². The third kappa shape index (κ3) is 6.86. The standard InChI is InChI=1S/C23H36N4O.HI/c1-3-24-23(26-15-8-14-25-22(28)20-11-7-12-20)27-16-13-21(18(2)17-27)19-9-5-4-6-10-19;/h4-6,9-10,18,20-21H,3,7-8,11-17H2,1-2H3,(H,24,26)(H,25,28);1H. The second kappa shape index (κ2) is 12.4. The summed E-state index contributed by atoms with van der Waals surface area (Å²) in [5, 5.41) is 6.51. The van der Waals surface area contributed by atoms with Gasteiger partial charge in [0.2, 0.25) is 5.91 Å². The van der Waals surface area contributed by atoms with Crippen molar-refractivity contribution in [3.8, 4) is 0 Å². The van der Waals surface area contributed by atoms with Crippen LogP contribution in [0.2, 0.25) is 0 Å². The first-order valence-electron chi connectivity index (χ1n) is 11.0. The van der Waals surface area contributed by atoms with E-state index in [1.807, 2.05) is 0 Å². The van der Waals surface area contributed by atoms with Crippen molar-refractivity contribution in [1.29, 1.82) is 0 Å². The van der Waals surface area contributed by atoms with Crippen molar-refractivity contribution in [2.45, 2.75) is 51.9 Å². The zero-order chi connectivity index (χ0) is 19.8. The number of likely N-dealkylation sites (tertiary alicyclic amines) is 1. The summed E-state index contributed by atoms with van der Waals surface area (Å²) >= 11 is 0. The Hall–Kier alpha value is -1.31. The van der Waals surface area contributed by atoms with E-state index in [9.17, 15) is 4.79 Å². The van der Waals surface area contributed by atoms with E-state index in [0.717, 1.165) is 64.4 Å². The summed E-state index contributed by atoms with van der Waals surface area (Å²) in [6, 6.07) is 10.9. The minimum Gasteiger partial charge on any atom is -0.357 e. The SMILES string of the molecule is CCNC(=NCCCNC(=O)C1CCC1)N1CCC(c2ccccc2)C(C)C1.I. The normalized spacial score (nSPS) is 22.4. The number of benzene rings is 1. The van der Waals surface area contributed by atoms with Crippen LogP contribution in [0.4, 0.5) is 0 Å². The summed E-state index contributed by atoms with van der Waals surface area (Å²) in [5.74, 6) is 2.75. The first-order chi connectivity index (χ1) is 13.7. The second-order valence-corrected chi connectivity index (χ2v) is 8.24. The zero-order valence-corrected chi connectivity index (χ0v) is 20.2. The van der Waals surface area contributed by atoms with Crippen LogP contribution in [0, 0.1) is 11.8 Å². The van der Waals surface area contributed by atoms with Gasteiger partial charge in [0.15, 0.2) is 5.96 Å². The van der Waals surface area contributed by atoms with Gasteiger partial charge in [-0.2, -0.15) is 0 Å². The van der Waals surface area contributed by atoms with Crippen LogP contribution in [-0.4, -0.2) is 49.5 Å². The van der Waals surface area contributed by atoms with Crippen LogP contribution >= 0.6 is 24.0 Å². The third-order valence-corrected chi connectivity index (χ3v) is 6.14. The Morgan fingerprint density at radius 3 is 2.55 bits per heavy atom. The molecule has 5 nitrogen and oxygen atoms in total.